The Labute approximate surface area is 83.4 Å². The van der Waals surface area contributed by atoms with Crippen LogP contribution in [-0.4, -0.2) is 36.7 Å². The van der Waals surface area contributed by atoms with Crippen molar-refractivity contribution < 1.29 is 19.4 Å². The lowest BCUT2D eigenvalue weighted by Crippen LogP contribution is -2.37. The van der Waals surface area contributed by atoms with Crippen LogP contribution in [0.4, 0.5) is 0 Å². The van der Waals surface area contributed by atoms with Crippen molar-refractivity contribution in [3.8, 4) is 0 Å². The van der Waals surface area contributed by atoms with Crippen LogP contribution in [0.3, 0.4) is 0 Å². The van der Waals surface area contributed by atoms with Gasteiger partial charge in [-0.1, -0.05) is 13.3 Å². The summed E-state index contributed by atoms with van der Waals surface area (Å²) < 4.78 is 4.29. The molecule has 0 aromatic carbocycles. The van der Waals surface area contributed by atoms with Gasteiger partial charge in [0.25, 0.3) is 0 Å². The number of carbonyl (C=O) groups is 2. The van der Waals surface area contributed by atoms with E-state index in [0.717, 1.165) is 12.8 Å². The summed E-state index contributed by atoms with van der Waals surface area (Å²) in [4.78, 5) is 21.8. The summed E-state index contributed by atoms with van der Waals surface area (Å²) in [7, 11) is 1.18. The van der Waals surface area contributed by atoms with Crippen molar-refractivity contribution in [3.63, 3.8) is 0 Å². The first-order valence-corrected chi connectivity index (χ1v) is 4.64. The summed E-state index contributed by atoms with van der Waals surface area (Å²) in [5.41, 5.74) is 0. The van der Waals surface area contributed by atoms with Gasteiger partial charge < -0.3 is 15.2 Å². The Balaban J connectivity index is 3.60. The molecule has 0 fully saturated rings. The Kier molecular flexibility index (Phi) is 6.74. The zero-order valence-electron chi connectivity index (χ0n) is 8.58. The maximum absolute atomic E-state index is 11.0. The predicted molar refractivity (Wildman–Crippen MR) is 50.6 cm³/mol. The van der Waals surface area contributed by atoms with Crippen molar-refractivity contribution in [2.45, 2.75) is 32.3 Å². The van der Waals surface area contributed by atoms with Gasteiger partial charge in [0.2, 0.25) is 5.91 Å². The number of ether oxygens (including phenoxy) is 1. The molecule has 5 nitrogen and oxygen atoms in total. The molecule has 1 unspecified atom stereocenters. The van der Waals surface area contributed by atoms with Gasteiger partial charge in [0.05, 0.1) is 13.7 Å². The first-order valence-electron chi connectivity index (χ1n) is 4.64. The highest BCUT2D eigenvalue weighted by atomic mass is 16.5. The van der Waals surface area contributed by atoms with E-state index in [-0.39, 0.29) is 12.5 Å². The lowest BCUT2D eigenvalue weighted by Gasteiger charge is -2.09. The van der Waals surface area contributed by atoms with Gasteiger partial charge in [0.15, 0.2) is 6.10 Å². The van der Waals surface area contributed by atoms with Crippen LogP contribution in [0.5, 0.6) is 0 Å². The van der Waals surface area contributed by atoms with Gasteiger partial charge in [0.1, 0.15) is 0 Å². The minimum Gasteiger partial charge on any atom is -0.467 e. The standard InChI is InChI=1S/C9H17NO4/c1-3-4-5-8(12)10-6-7(11)9(13)14-2/h7,11H,3-6H2,1-2H3,(H,10,12). The zero-order valence-corrected chi connectivity index (χ0v) is 8.58. The number of unbranched alkanes of at least 4 members (excludes halogenated alkanes) is 1. The van der Waals surface area contributed by atoms with Crippen LogP contribution in [0.15, 0.2) is 0 Å². The number of nitrogens with one attached hydrogen (secondary N) is 1. The second-order valence-corrected chi connectivity index (χ2v) is 2.95. The Morgan fingerprint density at radius 2 is 2.14 bits per heavy atom. The molecular weight excluding hydrogens is 186 g/mol. The monoisotopic (exact) mass is 203 g/mol. The third-order valence-electron chi connectivity index (χ3n) is 1.72. The highest BCUT2D eigenvalue weighted by Crippen LogP contribution is 1.93. The highest BCUT2D eigenvalue weighted by molar-refractivity contribution is 5.78. The maximum Gasteiger partial charge on any atom is 0.336 e. The molecule has 0 aromatic rings. The fraction of sp³-hybridized carbons (Fsp3) is 0.778. The first kappa shape index (κ1) is 12.9. The van der Waals surface area contributed by atoms with E-state index in [9.17, 15) is 9.59 Å². The van der Waals surface area contributed by atoms with Crippen LogP contribution in [0.1, 0.15) is 26.2 Å². The number of hydrogen-bond donors (Lipinski definition) is 2. The van der Waals surface area contributed by atoms with Gasteiger partial charge >= 0.3 is 5.97 Å². The van der Waals surface area contributed by atoms with Crippen molar-refractivity contribution >= 4 is 11.9 Å². The molecule has 0 aliphatic heterocycles. The van der Waals surface area contributed by atoms with Crippen molar-refractivity contribution in [2.75, 3.05) is 13.7 Å². The van der Waals surface area contributed by atoms with E-state index in [1.54, 1.807) is 0 Å². The molecule has 0 spiro atoms. The second kappa shape index (κ2) is 7.32. The van der Waals surface area contributed by atoms with Crippen molar-refractivity contribution in [1.82, 2.24) is 5.32 Å². The van der Waals surface area contributed by atoms with Gasteiger partial charge in [-0.25, -0.2) is 4.79 Å². The molecule has 14 heavy (non-hydrogen) atoms. The number of aliphatic hydroxyl groups is 1. The third kappa shape index (κ3) is 5.53. The molecule has 0 saturated carbocycles. The molecular formula is C9H17NO4. The van der Waals surface area contributed by atoms with Crippen LogP contribution < -0.4 is 5.32 Å². The van der Waals surface area contributed by atoms with Gasteiger partial charge in [-0.2, -0.15) is 0 Å². The Morgan fingerprint density at radius 1 is 1.50 bits per heavy atom. The van der Waals surface area contributed by atoms with E-state index >= 15 is 0 Å². The Morgan fingerprint density at radius 3 is 2.64 bits per heavy atom. The summed E-state index contributed by atoms with van der Waals surface area (Å²) >= 11 is 0. The quantitative estimate of drug-likeness (QED) is 0.587. The van der Waals surface area contributed by atoms with E-state index in [0.29, 0.717) is 6.42 Å². The summed E-state index contributed by atoms with van der Waals surface area (Å²) in [6, 6.07) is 0. The molecule has 0 aliphatic carbocycles. The van der Waals surface area contributed by atoms with Crippen LogP contribution in [0, 0.1) is 0 Å². The van der Waals surface area contributed by atoms with Crippen LogP contribution in [-0.2, 0) is 14.3 Å². The number of amides is 1. The molecule has 1 amide bonds. The number of hydrogen-bond acceptors (Lipinski definition) is 4. The molecule has 0 rings (SSSR count). The first-order chi connectivity index (χ1) is 6.61. The summed E-state index contributed by atoms with van der Waals surface area (Å²) in [5, 5.41) is 11.5. The largest absolute Gasteiger partial charge is 0.467 e. The summed E-state index contributed by atoms with van der Waals surface area (Å²) in [5.74, 6) is -0.893. The smallest absolute Gasteiger partial charge is 0.336 e. The number of rotatable bonds is 6. The maximum atomic E-state index is 11.0. The van der Waals surface area contributed by atoms with E-state index in [2.05, 4.69) is 10.1 Å². The molecule has 2 N–H and O–H groups in total. The van der Waals surface area contributed by atoms with E-state index in [1.807, 2.05) is 6.92 Å². The van der Waals surface area contributed by atoms with Crippen LogP contribution in [0.25, 0.3) is 0 Å². The van der Waals surface area contributed by atoms with Crippen LogP contribution >= 0.6 is 0 Å². The molecule has 0 radical (unpaired) electrons. The molecule has 0 aliphatic rings. The van der Waals surface area contributed by atoms with E-state index in [4.69, 9.17) is 5.11 Å². The molecule has 0 aromatic heterocycles. The van der Waals surface area contributed by atoms with Gasteiger partial charge in [-0.15, -0.1) is 0 Å². The fourth-order valence-corrected chi connectivity index (χ4v) is 0.856. The van der Waals surface area contributed by atoms with Gasteiger partial charge in [-0.3, -0.25) is 4.79 Å². The fourth-order valence-electron chi connectivity index (χ4n) is 0.856. The molecule has 5 heteroatoms. The minimum atomic E-state index is -1.27. The lowest BCUT2D eigenvalue weighted by atomic mass is 10.2. The topological polar surface area (TPSA) is 75.6 Å². The van der Waals surface area contributed by atoms with Crippen LogP contribution in [0.2, 0.25) is 0 Å². The SMILES string of the molecule is CCCCC(=O)NCC(O)C(=O)OC. The second-order valence-electron chi connectivity index (χ2n) is 2.95. The molecule has 0 heterocycles. The Hall–Kier alpha value is -1.10. The summed E-state index contributed by atoms with van der Waals surface area (Å²) in [6.45, 7) is 1.89. The van der Waals surface area contributed by atoms with Gasteiger partial charge in [0, 0.05) is 6.42 Å². The van der Waals surface area contributed by atoms with Crippen molar-refractivity contribution in [2.24, 2.45) is 0 Å². The number of esters is 1. The molecule has 0 saturated heterocycles. The van der Waals surface area contributed by atoms with Crippen molar-refractivity contribution in [3.05, 3.63) is 0 Å². The predicted octanol–water partition coefficient (Wildman–Crippen LogP) is -0.173. The molecule has 0 bridgehead atoms. The summed E-state index contributed by atoms with van der Waals surface area (Å²) in [6.07, 6.45) is 0.892. The normalized spacial score (nSPS) is 11.9. The third-order valence-corrected chi connectivity index (χ3v) is 1.72. The number of methoxy groups -OCH3 is 1. The molecule has 1 atom stereocenters. The van der Waals surface area contributed by atoms with E-state index < -0.39 is 12.1 Å². The number of aliphatic hydroxyl groups excluding tert-OH is 1. The van der Waals surface area contributed by atoms with Crippen molar-refractivity contribution in [1.29, 1.82) is 0 Å². The van der Waals surface area contributed by atoms with Gasteiger partial charge in [-0.05, 0) is 6.42 Å². The average molecular weight is 203 g/mol. The van der Waals surface area contributed by atoms with E-state index in [1.165, 1.54) is 7.11 Å². The Bertz CT molecular complexity index is 193. The highest BCUT2D eigenvalue weighted by Gasteiger charge is 2.15. The molecule has 82 valence electrons. The average Bonchev–Trinajstić information content (AvgIpc) is 2.21. The minimum absolute atomic E-state index is 0.0881. The zero-order chi connectivity index (χ0) is 11.0. The lowest BCUT2D eigenvalue weighted by molar-refractivity contribution is -0.150. The number of carbonyl (C=O) groups excluding carboxylic acids is 2.